The predicted molar refractivity (Wildman–Crippen MR) is 74.3 cm³/mol. The fraction of sp³-hybridized carbons (Fsp3) is 0.455. The Morgan fingerprint density at radius 1 is 1.37 bits per heavy atom. The molecule has 0 radical (unpaired) electrons. The van der Waals surface area contributed by atoms with Gasteiger partial charge in [0.25, 0.3) is 0 Å². The van der Waals surface area contributed by atoms with Gasteiger partial charge in [0, 0.05) is 18.3 Å². The first-order chi connectivity index (χ1) is 9.13. The minimum atomic E-state index is -0.00958. The van der Waals surface area contributed by atoms with Crippen molar-refractivity contribution >= 4 is 23.2 Å². The lowest BCUT2D eigenvalue weighted by Gasteiger charge is -2.09. The number of thiazole rings is 1. The average molecular weight is 280 g/mol. The van der Waals surface area contributed by atoms with E-state index in [0.29, 0.717) is 12.5 Å². The summed E-state index contributed by atoms with van der Waals surface area (Å²) in [6, 6.07) is 0.235. The van der Waals surface area contributed by atoms with E-state index in [0.717, 1.165) is 12.1 Å². The Bertz CT molecular complexity index is 516. The first kappa shape index (κ1) is 13.5. The van der Waals surface area contributed by atoms with Gasteiger partial charge in [0.15, 0.2) is 0 Å². The van der Waals surface area contributed by atoms with Crippen LogP contribution < -0.4 is 15.8 Å². The zero-order valence-corrected chi connectivity index (χ0v) is 11.6. The molecule has 0 unspecified atom stereocenters. The molecule has 0 saturated carbocycles. The molecule has 2 rings (SSSR count). The summed E-state index contributed by atoms with van der Waals surface area (Å²) in [5.41, 5.74) is 8.46. The molecule has 2 aromatic heterocycles. The second kappa shape index (κ2) is 6.28. The summed E-state index contributed by atoms with van der Waals surface area (Å²) in [6.45, 7) is 4.47. The van der Waals surface area contributed by atoms with Crippen LogP contribution in [0.1, 0.15) is 19.5 Å². The first-order valence-corrected chi connectivity index (χ1v) is 6.87. The molecule has 0 aromatic carbocycles. The van der Waals surface area contributed by atoms with E-state index in [1.807, 2.05) is 24.7 Å². The molecule has 7 nitrogen and oxygen atoms in total. The maximum Gasteiger partial charge on any atom is 0.323 e. The molecular formula is C11H16N6OS. The van der Waals surface area contributed by atoms with E-state index in [2.05, 4.69) is 25.3 Å². The molecular weight excluding hydrogens is 264 g/mol. The van der Waals surface area contributed by atoms with Gasteiger partial charge >= 0.3 is 6.01 Å². The molecule has 0 spiro atoms. The molecule has 0 aliphatic heterocycles. The highest BCUT2D eigenvalue weighted by Gasteiger charge is 2.07. The third-order valence-corrected chi connectivity index (χ3v) is 2.76. The Kier molecular flexibility index (Phi) is 4.45. The van der Waals surface area contributed by atoms with Crippen molar-refractivity contribution in [3.63, 3.8) is 0 Å². The summed E-state index contributed by atoms with van der Waals surface area (Å²) in [6.07, 6.45) is 0.791. The van der Waals surface area contributed by atoms with Gasteiger partial charge in [-0.25, -0.2) is 4.98 Å². The van der Waals surface area contributed by atoms with E-state index in [1.54, 1.807) is 11.3 Å². The maximum absolute atomic E-state index is 5.61. The summed E-state index contributed by atoms with van der Waals surface area (Å²) in [5.74, 6) is 0.556. The highest BCUT2D eigenvalue weighted by atomic mass is 32.1. The van der Waals surface area contributed by atoms with Crippen LogP contribution in [0.5, 0.6) is 6.01 Å². The molecule has 0 atom stereocenters. The summed E-state index contributed by atoms with van der Waals surface area (Å²) < 4.78 is 5.39. The van der Waals surface area contributed by atoms with Crippen LogP contribution in [0.15, 0.2) is 10.9 Å². The summed E-state index contributed by atoms with van der Waals surface area (Å²) in [4.78, 5) is 16.3. The highest BCUT2D eigenvalue weighted by molar-refractivity contribution is 7.07. The molecule has 0 aliphatic rings. The SMILES string of the molecule is CC(C)Oc1nc(N)nc(NCCc2cscn2)n1. The van der Waals surface area contributed by atoms with Crippen molar-refractivity contribution in [2.45, 2.75) is 26.4 Å². The second-order valence-corrected chi connectivity index (χ2v) is 4.84. The van der Waals surface area contributed by atoms with Gasteiger partial charge in [-0.3, -0.25) is 0 Å². The van der Waals surface area contributed by atoms with Crippen LogP contribution in [0.25, 0.3) is 0 Å². The van der Waals surface area contributed by atoms with Crippen LogP contribution in [0.4, 0.5) is 11.9 Å². The highest BCUT2D eigenvalue weighted by Crippen LogP contribution is 2.10. The molecule has 19 heavy (non-hydrogen) atoms. The fourth-order valence-electron chi connectivity index (χ4n) is 1.38. The van der Waals surface area contributed by atoms with E-state index in [-0.39, 0.29) is 18.1 Å². The molecule has 2 aromatic rings. The van der Waals surface area contributed by atoms with Gasteiger partial charge in [-0.1, -0.05) is 0 Å². The lowest BCUT2D eigenvalue weighted by Crippen LogP contribution is -2.14. The van der Waals surface area contributed by atoms with E-state index in [4.69, 9.17) is 10.5 Å². The molecule has 3 N–H and O–H groups in total. The van der Waals surface area contributed by atoms with Gasteiger partial charge in [0.05, 0.1) is 17.3 Å². The molecule has 0 fully saturated rings. The van der Waals surface area contributed by atoms with Gasteiger partial charge in [-0.2, -0.15) is 15.0 Å². The molecule has 8 heteroatoms. The lowest BCUT2D eigenvalue weighted by atomic mass is 10.3. The third-order valence-electron chi connectivity index (χ3n) is 2.12. The first-order valence-electron chi connectivity index (χ1n) is 5.92. The van der Waals surface area contributed by atoms with Crippen LogP contribution in [0, 0.1) is 0 Å². The smallest absolute Gasteiger partial charge is 0.323 e. The van der Waals surface area contributed by atoms with Gasteiger partial charge in [-0.05, 0) is 13.8 Å². The number of aromatic nitrogens is 4. The molecule has 2 heterocycles. The van der Waals surface area contributed by atoms with E-state index >= 15 is 0 Å². The van der Waals surface area contributed by atoms with Crippen molar-refractivity contribution < 1.29 is 4.74 Å². The van der Waals surface area contributed by atoms with Crippen molar-refractivity contribution in [2.24, 2.45) is 0 Å². The molecule has 0 aliphatic carbocycles. The van der Waals surface area contributed by atoms with Crippen molar-refractivity contribution in [2.75, 3.05) is 17.6 Å². The molecule has 0 bridgehead atoms. The van der Waals surface area contributed by atoms with Crippen molar-refractivity contribution in [1.82, 2.24) is 19.9 Å². The summed E-state index contributed by atoms with van der Waals surface area (Å²) in [7, 11) is 0. The van der Waals surface area contributed by atoms with Crippen molar-refractivity contribution in [3.8, 4) is 6.01 Å². The molecule has 102 valence electrons. The van der Waals surface area contributed by atoms with Gasteiger partial charge in [0.2, 0.25) is 11.9 Å². The van der Waals surface area contributed by atoms with Gasteiger partial charge < -0.3 is 15.8 Å². The number of anilines is 2. The van der Waals surface area contributed by atoms with E-state index < -0.39 is 0 Å². The van der Waals surface area contributed by atoms with Crippen LogP contribution >= 0.6 is 11.3 Å². The molecule has 0 saturated heterocycles. The third kappa shape index (κ3) is 4.32. The Labute approximate surface area is 115 Å². The Morgan fingerprint density at radius 3 is 2.89 bits per heavy atom. The standard InChI is InChI=1S/C11H16N6OS/c1-7(2)18-11-16-9(12)15-10(17-11)13-4-3-8-5-19-6-14-8/h5-7H,3-4H2,1-2H3,(H3,12,13,15,16,17). The number of ether oxygens (including phenoxy) is 1. The minimum Gasteiger partial charge on any atom is -0.461 e. The van der Waals surface area contributed by atoms with Crippen molar-refractivity contribution in [3.05, 3.63) is 16.6 Å². The topological polar surface area (TPSA) is 98.8 Å². The zero-order valence-electron chi connectivity index (χ0n) is 10.8. The number of hydrogen-bond donors (Lipinski definition) is 2. The summed E-state index contributed by atoms with van der Waals surface area (Å²) >= 11 is 1.58. The van der Waals surface area contributed by atoms with Gasteiger partial charge in [-0.15, -0.1) is 11.3 Å². The lowest BCUT2D eigenvalue weighted by molar-refractivity contribution is 0.222. The van der Waals surface area contributed by atoms with Crippen LogP contribution in [-0.2, 0) is 6.42 Å². The van der Waals surface area contributed by atoms with E-state index in [9.17, 15) is 0 Å². The quantitative estimate of drug-likeness (QED) is 0.824. The Balaban J connectivity index is 1.93. The zero-order chi connectivity index (χ0) is 13.7. The number of nitrogens with zero attached hydrogens (tertiary/aromatic N) is 4. The Morgan fingerprint density at radius 2 is 2.21 bits per heavy atom. The van der Waals surface area contributed by atoms with Crippen LogP contribution in [0.2, 0.25) is 0 Å². The largest absolute Gasteiger partial charge is 0.461 e. The predicted octanol–water partition coefficient (Wildman–Crippen LogP) is 1.35. The number of hydrogen-bond acceptors (Lipinski definition) is 8. The number of nitrogens with two attached hydrogens (primary N) is 1. The van der Waals surface area contributed by atoms with Crippen molar-refractivity contribution in [1.29, 1.82) is 0 Å². The fourth-order valence-corrected chi connectivity index (χ4v) is 1.97. The van der Waals surface area contributed by atoms with Crippen LogP contribution in [0.3, 0.4) is 0 Å². The number of nitrogen functional groups attached to an aromatic ring is 1. The van der Waals surface area contributed by atoms with Gasteiger partial charge in [0.1, 0.15) is 0 Å². The average Bonchev–Trinajstić information content (AvgIpc) is 2.80. The number of rotatable bonds is 6. The monoisotopic (exact) mass is 280 g/mol. The Hall–Kier alpha value is -1.96. The number of nitrogens with one attached hydrogen (secondary N) is 1. The van der Waals surface area contributed by atoms with E-state index in [1.165, 1.54) is 0 Å². The minimum absolute atomic E-state index is 0.00958. The second-order valence-electron chi connectivity index (χ2n) is 4.12. The normalized spacial score (nSPS) is 10.7. The maximum atomic E-state index is 5.61. The molecule has 0 amide bonds. The summed E-state index contributed by atoms with van der Waals surface area (Å²) in [5, 5.41) is 5.09. The van der Waals surface area contributed by atoms with Crippen LogP contribution in [-0.4, -0.2) is 32.6 Å².